The molecule has 0 saturated heterocycles. The first-order chi connectivity index (χ1) is 7.59. The van der Waals surface area contributed by atoms with Gasteiger partial charge < -0.3 is 5.73 Å². The molecule has 0 aliphatic carbocycles. The van der Waals surface area contributed by atoms with Gasteiger partial charge in [0.15, 0.2) is 17.5 Å². The van der Waals surface area contributed by atoms with Crippen LogP contribution in [-0.2, 0) is 0 Å². The highest BCUT2D eigenvalue weighted by Crippen LogP contribution is 2.23. The fourth-order valence-corrected chi connectivity index (χ4v) is 1.20. The van der Waals surface area contributed by atoms with Crippen molar-refractivity contribution in [3.8, 4) is 11.3 Å². The van der Waals surface area contributed by atoms with Crippen molar-refractivity contribution >= 4 is 5.82 Å². The van der Waals surface area contributed by atoms with Gasteiger partial charge in [-0.15, -0.1) is 0 Å². The van der Waals surface area contributed by atoms with E-state index in [-0.39, 0.29) is 17.1 Å². The molecule has 2 aromatic rings. The van der Waals surface area contributed by atoms with Crippen LogP contribution in [0.3, 0.4) is 0 Å². The fourth-order valence-electron chi connectivity index (χ4n) is 1.20. The Morgan fingerprint density at radius 3 is 2.31 bits per heavy atom. The van der Waals surface area contributed by atoms with Crippen molar-refractivity contribution in [2.24, 2.45) is 0 Å². The molecule has 1 aromatic heterocycles. The summed E-state index contributed by atoms with van der Waals surface area (Å²) in [5.74, 6) is -3.91. The third kappa shape index (κ3) is 1.69. The Morgan fingerprint density at radius 2 is 1.69 bits per heavy atom. The Hall–Kier alpha value is -2.11. The number of nitrogen functional groups attached to an aromatic ring is 1. The smallest absolute Gasteiger partial charge is 0.195 e. The molecule has 3 nitrogen and oxygen atoms in total. The third-order valence-electron chi connectivity index (χ3n) is 1.98. The Kier molecular flexibility index (Phi) is 2.47. The quantitative estimate of drug-likeness (QED) is 0.756. The molecule has 16 heavy (non-hydrogen) atoms. The maximum absolute atomic E-state index is 13.3. The molecule has 2 N–H and O–H groups in total. The highest BCUT2D eigenvalue weighted by atomic mass is 19.2. The number of nitrogens with zero attached hydrogens (tertiary/aromatic N) is 2. The summed E-state index contributed by atoms with van der Waals surface area (Å²) >= 11 is 0. The van der Waals surface area contributed by atoms with Gasteiger partial charge in [0.2, 0.25) is 0 Å². The first-order valence-electron chi connectivity index (χ1n) is 4.31. The van der Waals surface area contributed by atoms with Gasteiger partial charge in [0.25, 0.3) is 0 Å². The van der Waals surface area contributed by atoms with Crippen molar-refractivity contribution in [2.45, 2.75) is 0 Å². The maximum Gasteiger partial charge on any atom is 0.195 e. The van der Waals surface area contributed by atoms with Gasteiger partial charge in [0.1, 0.15) is 5.82 Å². The second-order valence-corrected chi connectivity index (χ2v) is 3.05. The van der Waals surface area contributed by atoms with E-state index >= 15 is 0 Å². The normalized spacial score (nSPS) is 10.4. The van der Waals surface area contributed by atoms with E-state index in [1.165, 1.54) is 12.4 Å². The van der Waals surface area contributed by atoms with Crippen molar-refractivity contribution in [1.29, 1.82) is 0 Å². The number of aromatic nitrogens is 2. The molecule has 0 unspecified atom stereocenters. The summed E-state index contributed by atoms with van der Waals surface area (Å²) in [4.78, 5) is 7.44. The predicted octanol–water partition coefficient (Wildman–Crippen LogP) is 2.14. The number of halogens is 3. The SMILES string of the molecule is Nc1cnc(-c2ccc(F)c(F)c2F)cn1. The van der Waals surface area contributed by atoms with E-state index in [0.29, 0.717) is 0 Å². The van der Waals surface area contributed by atoms with Gasteiger partial charge in [-0.05, 0) is 12.1 Å². The number of hydrogen-bond donors (Lipinski definition) is 1. The van der Waals surface area contributed by atoms with E-state index < -0.39 is 17.5 Å². The van der Waals surface area contributed by atoms with E-state index in [0.717, 1.165) is 12.1 Å². The van der Waals surface area contributed by atoms with Crippen molar-refractivity contribution in [2.75, 3.05) is 5.73 Å². The lowest BCUT2D eigenvalue weighted by Gasteiger charge is -2.03. The predicted molar refractivity (Wildman–Crippen MR) is 51.8 cm³/mol. The van der Waals surface area contributed by atoms with Gasteiger partial charge in [-0.1, -0.05) is 0 Å². The molecule has 0 bridgehead atoms. The van der Waals surface area contributed by atoms with Crippen LogP contribution in [0.25, 0.3) is 11.3 Å². The highest BCUT2D eigenvalue weighted by Gasteiger charge is 2.15. The molecule has 0 spiro atoms. The van der Waals surface area contributed by atoms with Crippen LogP contribution in [0.1, 0.15) is 0 Å². The number of hydrogen-bond acceptors (Lipinski definition) is 3. The third-order valence-corrected chi connectivity index (χ3v) is 1.98. The average molecular weight is 225 g/mol. The summed E-state index contributed by atoms with van der Waals surface area (Å²) in [6, 6.07) is 1.92. The number of rotatable bonds is 1. The largest absolute Gasteiger partial charge is 0.382 e. The molecule has 0 radical (unpaired) electrons. The first-order valence-corrected chi connectivity index (χ1v) is 4.31. The number of anilines is 1. The molecule has 0 amide bonds. The molecule has 2 rings (SSSR count). The summed E-state index contributed by atoms with van der Waals surface area (Å²) < 4.78 is 38.9. The van der Waals surface area contributed by atoms with E-state index in [9.17, 15) is 13.2 Å². The van der Waals surface area contributed by atoms with Crippen molar-refractivity contribution in [3.05, 3.63) is 42.0 Å². The molecule has 6 heteroatoms. The van der Waals surface area contributed by atoms with Crippen LogP contribution < -0.4 is 5.73 Å². The van der Waals surface area contributed by atoms with Crippen LogP contribution in [0.2, 0.25) is 0 Å². The van der Waals surface area contributed by atoms with Gasteiger partial charge >= 0.3 is 0 Å². The van der Waals surface area contributed by atoms with E-state index in [4.69, 9.17) is 5.73 Å². The van der Waals surface area contributed by atoms with E-state index in [2.05, 4.69) is 9.97 Å². The summed E-state index contributed by atoms with van der Waals surface area (Å²) in [6.45, 7) is 0. The number of nitrogens with two attached hydrogens (primary N) is 1. The minimum absolute atomic E-state index is 0.0885. The van der Waals surface area contributed by atoms with Crippen molar-refractivity contribution in [1.82, 2.24) is 9.97 Å². The summed E-state index contributed by atoms with van der Waals surface area (Å²) in [7, 11) is 0. The lowest BCUT2D eigenvalue weighted by molar-refractivity contribution is 0.449. The minimum Gasteiger partial charge on any atom is -0.382 e. The highest BCUT2D eigenvalue weighted by molar-refractivity contribution is 5.59. The lowest BCUT2D eigenvalue weighted by atomic mass is 10.1. The standard InChI is InChI=1S/C10H6F3N3/c11-6-2-1-5(9(12)10(6)13)7-3-16-8(14)4-15-7/h1-4H,(H2,14,16). The molecule has 0 saturated carbocycles. The van der Waals surface area contributed by atoms with Crippen molar-refractivity contribution < 1.29 is 13.2 Å². The van der Waals surface area contributed by atoms with Gasteiger partial charge in [-0.2, -0.15) is 0 Å². The topological polar surface area (TPSA) is 51.8 Å². The van der Waals surface area contributed by atoms with Gasteiger partial charge in [0.05, 0.1) is 18.1 Å². The zero-order valence-electron chi connectivity index (χ0n) is 7.92. The van der Waals surface area contributed by atoms with Gasteiger partial charge in [-0.3, -0.25) is 4.98 Å². The Bertz CT molecular complexity index is 526. The van der Waals surface area contributed by atoms with Gasteiger partial charge in [-0.25, -0.2) is 18.2 Å². The molecule has 0 atom stereocenters. The molecular weight excluding hydrogens is 219 g/mol. The van der Waals surface area contributed by atoms with Crippen LogP contribution >= 0.6 is 0 Å². The molecule has 1 aromatic carbocycles. The second kappa shape index (κ2) is 3.80. The van der Waals surface area contributed by atoms with Crippen LogP contribution in [0.5, 0.6) is 0 Å². The molecule has 0 aliphatic heterocycles. The Balaban J connectivity index is 2.57. The zero-order chi connectivity index (χ0) is 11.7. The Morgan fingerprint density at radius 1 is 0.938 bits per heavy atom. The molecular formula is C10H6F3N3. The van der Waals surface area contributed by atoms with Crippen molar-refractivity contribution in [3.63, 3.8) is 0 Å². The summed E-state index contributed by atoms with van der Waals surface area (Å²) in [6.07, 6.45) is 2.39. The average Bonchev–Trinajstić information content (AvgIpc) is 2.28. The van der Waals surface area contributed by atoms with Crippen LogP contribution in [0, 0.1) is 17.5 Å². The number of benzene rings is 1. The second-order valence-electron chi connectivity index (χ2n) is 3.05. The minimum atomic E-state index is -1.53. The van der Waals surface area contributed by atoms with E-state index in [1.54, 1.807) is 0 Å². The monoisotopic (exact) mass is 225 g/mol. The van der Waals surface area contributed by atoms with Crippen LogP contribution in [0.15, 0.2) is 24.5 Å². The Labute approximate surface area is 88.8 Å². The van der Waals surface area contributed by atoms with Gasteiger partial charge in [0, 0.05) is 5.56 Å². The van der Waals surface area contributed by atoms with Crippen LogP contribution in [0.4, 0.5) is 19.0 Å². The summed E-state index contributed by atoms with van der Waals surface area (Å²) in [5, 5.41) is 0. The lowest BCUT2D eigenvalue weighted by Crippen LogP contribution is -1.97. The molecule has 0 fully saturated rings. The molecule has 82 valence electrons. The van der Waals surface area contributed by atoms with E-state index in [1.807, 2.05) is 0 Å². The molecule has 1 heterocycles. The molecule has 0 aliphatic rings. The maximum atomic E-state index is 13.3. The first kappa shape index (κ1) is 10.4. The fraction of sp³-hybridized carbons (Fsp3) is 0. The van der Waals surface area contributed by atoms with Crippen LogP contribution in [-0.4, -0.2) is 9.97 Å². The zero-order valence-corrected chi connectivity index (χ0v) is 7.92. The summed E-state index contributed by atoms with van der Waals surface area (Å²) in [5.41, 5.74) is 5.22.